The zero-order chi connectivity index (χ0) is 17.4. The van der Waals surface area contributed by atoms with Crippen LogP contribution in [0, 0.1) is 0 Å². The molecule has 1 saturated heterocycles. The van der Waals surface area contributed by atoms with Crippen LogP contribution in [0.15, 0.2) is 47.5 Å². The first kappa shape index (κ1) is 15.9. The number of H-pyrrole nitrogens is 1. The molecule has 25 heavy (non-hydrogen) atoms. The monoisotopic (exact) mass is 356 g/mol. The van der Waals surface area contributed by atoms with Crippen LogP contribution in [0.25, 0.3) is 11.0 Å². The summed E-state index contributed by atoms with van der Waals surface area (Å²) in [6, 6.07) is 9.40. The van der Waals surface area contributed by atoms with Gasteiger partial charge in [-0.15, -0.1) is 0 Å². The molecule has 0 spiro atoms. The predicted octanol–water partition coefficient (Wildman–Crippen LogP) is 2.86. The molecule has 1 aromatic carbocycles. The van der Waals surface area contributed by atoms with E-state index < -0.39 is 0 Å². The van der Waals surface area contributed by atoms with Crippen molar-refractivity contribution < 1.29 is 4.79 Å². The maximum atomic E-state index is 12.6. The van der Waals surface area contributed by atoms with Gasteiger partial charge in [0, 0.05) is 31.5 Å². The summed E-state index contributed by atoms with van der Waals surface area (Å²) in [6.45, 7) is 1.18. The quantitative estimate of drug-likeness (QED) is 0.767. The second-order valence-electron chi connectivity index (χ2n) is 6.20. The highest BCUT2D eigenvalue weighted by molar-refractivity contribution is 6.33. The second kappa shape index (κ2) is 6.37. The number of amides is 1. The zero-order valence-electron chi connectivity index (χ0n) is 13.5. The van der Waals surface area contributed by atoms with Crippen molar-refractivity contribution in [3.05, 3.63) is 63.8 Å². The number of carbonyl (C=O) groups excluding carboxylic acids is 1. The van der Waals surface area contributed by atoms with Crippen LogP contribution < -0.4 is 5.69 Å². The molecule has 0 aliphatic carbocycles. The number of rotatable bonds is 2. The van der Waals surface area contributed by atoms with Crippen LogP contribution in [0.3, 0.4) is 0 Å². The lowest BCUT2D eigenvalue weighted by Gasteiger charge is -2.32. The number of imidazole rings is 1. The highest BCUT2D eigenvalue weighted by atomic mass is 35.5. The second-order valence-corrected chi connectivity index (χ2v) is 6.60. The molecule has 1 fully saturated rings. The molecule has 3 heterocycles. The van der Waals surface area contributed by atoms with Crippen molar-refractivity contribution >= 4 is 28.5 Å². The molecule has 1 amide bonds. The van der Waals surface area contributed by atoms with E-state index >= 15 is 0 Å². The molecule has 7 heteroatoms. The van der Waals surface area contributed by atoms with E-state index in [4.69, 9.17) is 11.6 Å². The van der Waals surface area contributed by atoms with Gasteiger partial charge in [-0.3, -0.25) is 14.3 Å². The van der Waals surface area contributed by atoms with Gasteiger partial charge in [-0.2, -0.15) is 0 Å². The van der Waals surface area contributed by atoms with E-state index in [1.54, 1.807) is 17.2 Å². The molecule has 1 N–H and O–H groups in total. The summed E-state index contributed by atoms with van der Waals surface area (Å²) in [4.78, 5) is 33.6. The molecule has 0 unspecified atom stereocenters. The van der Waals surface area contributed by atoms with Gasteiger partial charge in [0.1, 0.15) is 0 Å². The molecular weight excluding hydrogens is 340 g/mol. The first-order valence-corrected chi connectivity index (χ1v) is 8.61. The van der Waals surface area contributed by atoms with Crippen molar-refractivity contribution in [3.63, 3.8) is 0 Å². The fourth-order valence-corrected chi connectivity index (χ4v) is 3.68. The number of para-hydroxylation sites is 2. The number of nitrogens with zero attached hydrogens (tertiary/aromatic N) is 3. The SMILES string of the molecule is O=C(c1ccncc1Cl)N1CCC(n2c(=O)[nH]c3ccccc32)CC1. The number of fused-ring (bicyclic) bond motifs is 1. The fourth-order valence-electron chi connectivity index (χ4n) is 3.48. The van der Waals surface area contributed by atoms with Gasteiger partial charge in [0.25, 0.3) is 5.91 Å². The maximum absolute atomic E-state index is 12.6. The number of pyridine rings is 1. The summed E-state index contributed by atoms with van der Waals surface area (Å²) in [5.41, 5.74) is 2.13. The van der Waals surface area contributed by atoms with E-state index in [9.17, 15) is 9.59 Å². The molecule has 0 saturated carbocycles. The average molecular weight is 357 g/mol. The van der Waals surface area contributed by atoms with Crippen molar-refractivity contribution in [2.24, 2.45) is 0 Å². The highest BCUT2D eigenvalue weighted by Crippen LogP contribution is 2.26. The topological polar surface area (TPSA) is 71.0 Å². The van der Waals surface area contributed by atoms with Gasteiger partial charge in [-0.1, -0.05) is 23.7 Å². The van der Waals surface area contributed by atoms with E-state index in [2.05, 4.69) is 9.97 Å². The number of hydrogen-bond acceptors (Lipinski definition) is 3. The third kappa shape index (κ3) is 2.82. The molecule has 2 aromatic heterocycles. The lowest BCUT2D eigenvalue weighted by molar-refractivity contribution is 0.0695. The van der Waals surface area contributed by atoms with Crippen molar-refractivity contribution in [3.8, 4) is 0 Å². The molecular formula is C18H17ClN4O2. The van der Waals surface area contributed by atoms with Gasteiger partial charge in [0.15, 0.2) is 0 Å². The summed E-state index contributed by atoms with van der Waals surface area (Å²) < 4.78 is 1.82. The zero-order valence-corrected chi connectivity index (χ0v) is 14.2. The molecule has 6 nitrogen and oxygen atoms in total. The van der Waals surface area contributed by atoms with E-state index in [0.717, 1.165) is 23.9 Å². The van der Waals surface area contributed by atoms with Crippen LogP contribution in [0.1, 0.15) is 29.2 Å². The normalized spacial score (nSPS) is 15.6. The predicted molar refractivity (Wildman–Crippen MR) is 96.0 cm³/mol. The fraction of sp³-hybridized carbons (Fsp3) is 0.278. The Morgan fingerprint density at radius 3 is 2.72 bits per heavy atom. The number of aromatic nitrogens is 3. The van der Waals surface area contributed by atoms with Crippen LogP contribution in [0.2, 0.25) is 5.02 Å². The third-order valence-electron chi connectivity index (χ3n) is 4.74. The van der Waals surface area contributed by atoms with Crippen molar-refractivity contribution in [1.82, 2.24) is 19.4 Å². The number of halogens is 1. The number of likely N-dealkylation sites (tertiary alicyclic amines) is 1. The molecule has 0 atom stereocenters. The number of aromatic amines is 1. The van der Waals surface area contributed by atoms with E-state index in [1.807, 2.05) is 28.8 Å². The van der Waals surface area contributed by atoms with E-state index in [1.165, 1.54) is 6.20 Å². The Morgan fingerprint density at radius 2 is 1.96 bits per heavy atom. The Bertz CT molecular complexity index is 986. The Labute approximate surface area is 149 Å². The molecule has 4 rings (SSSR count). The highest BCUT2D eigenvalue weighted by Gasteiger charge is 2.27. The van der Waals surface area contributed by atoms with E-state index in [0.29, 0.717) is 23.7 Å². The molecule has 1 aliphatic heterocycles. The number of carbonyl (C=O) groups is 1. The molecule has 1 aliphatic rings. The van der Waals surface area contributed by atoms with Crippen LogP contribution in [-0.4, -0.2) is 38.4 Å². The van der Waals surface area contributed by atoms with E-state index in [-0.39, 0.29) is 17.6 Å². The minimum atomic E-state index is -0.0943. The van der Waals surface area contributed by atoms with Crippen molar-refractivity contribution in [2.45, 2.75) is 18.9 Å². The third-order valence-corrected chi connectivity index (χ3v) is 5.04. The van der Waals surface area contributed by atoms with Crippen molar-refractivity contribution in [1.29, 1.82) is 0 Å². The lowest BCUT2D eigenvalue weighted by atomic mass is 10.0. The molecule has 0 radical (unpaired) electrons. The summed E-state index contributed by atoms with van der Waals surface area (Å²) in [5.74, 6) is -0.0860. The van der Waals surface area contributed by atoms with Gasteiger partial charge in [-0.25, -0.2) is 4.79 Å². The minimum Gasteiger partial charge on any atom is -0.338 e. The Hall–Kier alpha value is -2.60. The molecule has 0 bridgehead atoms. The standard InChI is InChI=1S/C18H17ClN4O2/c19-14-11-20-8-5-13(14)17(24)22-9-6-12(7-10-22)23-16-4-2-1-3-15(16)21-18(23)25/h1-5,8,11-12H,6-7,9-10H2,(H,21,25). The largest absolute Gasteiger partial charge is 0.338 e. The van der Waals surface area contributed by atoms with Crippen LogP contribution >= 0.6 is 11.6 Å². The van der Waals surface area contributed by atoms with Crippen LogP contribution in [0.4, 0.5) is 0 Å². The lowest BCUT2D eigenvalue weighted by Crippen LogP contribution is -2.40. The Morgan fingerprint density at radius 1 is 1.20 bits per heavy atom. The number of piperidine rings is 1. The first-order valence-electron chi connectivity index (χ1n) is 8.23. The maximum Gasteiger partial charge on any atom is 0.326 e. The molecule has 3 aromatic rings. The molecule has 128 valence electrons. The Balaban J connectivity index is 1.54. The van der Waals surface area contributed by atoms with Crippen LogP contribution in [-0.2, 0) is 0 Å². The minimum absolute atomic E-state index is 0.0839. The number of nitrogens with one attached hydrogen (secondary N) is 1. The van der Waals surface area contributed by atoms with Crippen molar-refractivity contribution in [2.75, 3.05) is 13.1 Å². The summed E-state index contributed by atoms with van der Waals surface area (Å²) in [6.07, 6.45) is 4.51. The van der Waals surface area contributed by atoms with Gasteiger partial charge >= 0.3 is 5.69 Å². The Kier molecular flexibility index (Phi) is 4.05. The number of benzene rings is 1. The summed E-state index contributed by atoms with van der Waals surface area (Å²) in [5, 5.41) is 0.363. The summed E-state index contributed by atoms with van der Waals surface area (Å²) in [7, 11) is 0. The van der Waals surface area contributed by atoms with Gasteiger partial charge < -0.3 is 9.88 Å². The van der Waals surface area contributed by atoms with Gasteiger partial charge in [-0.05, 0) is 31.0 Å². The first-order chi connectivity index (χ1) is 12.1. The van der Waals surface area contributed by atoms with Crippen LogP contribution in [0.5, 0.6) is 0 Å². The smallest absolute Gasteiger partial charge is 0.326 e. The van der Waals surface area contributed by atoms with Gasteiger partial charge in [0.2, 0.25) is 0 Å². The number of hydrogen-bond donors (Lipinski definition) is 1. The average Bonchev–Trinajstić information content (AvgIpc) is 2.97. The van der Waals surface area contributed by atoms with Gasteiger partial charge in [0.05, 0.1) is 21.6 Å². The summed E-state index contributed by atoms with van der Waals surface area (Å²) >= 11 is 6.07.